The van der Waals surface area contributed by atoms with Crippen LogP contribution in [0.15, 0.2) is 42.5 Å². The summed E-state index contributed by atoms with van der Waals surface area (Å²) >= 11 is 0. The van der Waals surface area contributed by atoms with Crippen LogP contribution in [0.5, 0.6) is 5.75 Å². The second kappa shape index (κ2) is 11.5. The van der Waals surface area contributed by atoms with Crippen molar-refractivity contribution in [3.63, 3.8) is 0 Å². The molecule has 0 bridgehead atoms. The summed E-state index contributed by atoms with van der Waals surface area (Å²) in [6.07, 6.45) is 5.59. The number of fused-ring (bicyclic) bond motifs is 1. The standard InChI is InChI=1S/C26H35N3O2/c1-4-11-25(30)27-17-9-5-6-16-24-28-22-14-7-8-15-23(22)29(24)18-19-31-26-20(2)12-10-13-21(26)3/h7-8,10,12-15H,4-6,9,11,16-19H2,1-3H3,(H,27,30). The maximum Gasteiger partial charge on any atom is 0.219 e. The Morgan fingerprint density at radius 2 is 1.81 bits per heavy atom. The Bertz CT molecular complexity index is 973. The third-order valence-corrected chi connectivity index (χ3v) is 5.58. The number of imidazole rings is 1. The van der Waals surface area contributed by atoms with Crippen LogP contribution in [0.3, 0.4) is 0 Å². The molecule has 3 rings (SSSR count). The summed E-state index contributed by atoms with van der Waals surface area (Å²) in [4.78, 5) is 16.4. The number of rotatable bonds is 12. The lowest BCUT2D eigenvalue weighted by atomic mass is 10.1. The van der Waals surface area contributed by atoms with Crippen LogP contribution in [-0.4, -0.2) is 28.6 Å². The van der Waals surface area contributed by atoms with Crippen LogP contribution >= 0.6 is 0 Å². The van der Waals surface area contributed by atoms with Gasteiger partial charge in [-0.05, 0) is 56.4 Å². The van der Waals surface area contributed by atoms with E-state index in [1.54, 1.807) is 0 Å². The molecule has 5 nitrogen and oxygen atoms in total. The highest BCUT2D eigenvalue weighted by Gasteiger charge is 2.11. The quantitative estimate of drug-likeness (QED) is 0.401. The highest BCUT2D eigenvalue weighted by Crippen LogP contribution is 2.23. The number of amides is 1. The number of carbonyl (C=O) groups excluding carboxylic acids is 1. The molecular formula is C26H35N3O2. The Hall–Kier alpha value is -2.82. The second-order valence-electron chi connectivity index (χ2n) is 8.15. The fraction of sp³-hybridized carbons (Fsp3) is 0.462. The van der Waals surface area contributed by atoms with Gasteiger partial charge in [-0.1, -0.05) is 43.7 Å². The van der Waals surface area contributed by atoms with Crippen molar-refractivity contribution in [2.75, 3.05) is 13.2 Å². The summed E-state index contributed by atoms with van der Waals surface area (Å²) in [5.74, 6) is 2.26. The van der Waals surface area contributed by atoms with Crippen molar-refractivity contribution in [2.45, 2.75) is 65.8 Å². The van der Waals surface area contributed by atoms with E-state index < -0.39 is 0 Å². The van der Waals surface area contributed by atoms with Crippen LogP contribution in [0.4, 0.5) is 0 Å². The van der Waals surface area contributed by atoms with Gasteiger partial charge in [-0.2, -0.15) is 0 Å². The first-order valence-corrected chi connectivity index (χ1v) is 11.5. The molecule has 31 heavy (non-hydrogen) atoms. The molecule has 166 valence electrons. The van der Waals surface area contributed by atoms with E-state index in [1.165, 1.54) is 11.1 Å². The average molecular weight is 422 g/mol. The number of aryl methyl sites for hydroxylation is 3. The van der Waals surface area contributed by atoms with Gasteiger partial charge in [0.2, 0.25) is 5.91 Å². The molecule has 0 aliphatic carbocycles. The molecule has 3 aromatic rings. The zero-order valence-electron chi connectivity index (χ0n) is 19.1. The number of hydrogen-bond donors (Lipinski definition) is 1. The number of aromatic nitrogens is 2. The summed E-state index contributed by atoms with van der Waals surface area (Å²) in [5.41, 5.74) is 4.54. The summed E-state index contributed by atoms with van der Waals surface area (Å²) in [6.45, 7) is 8.35. The SMILES string of the molecule is CCCC(=O)NCCCCCc1nc2ccccc2n1CCOc1c(C)cccc1C. The van der Waals surface area contributed by atoms with Crippen LogP contribution in [0.1, 0.15) is 56.0 Å². The molecule has 1 heterocycles. The number of nitrogens with one attached hydrogen (secondary N) is 1. The molecule has 0 radical (unpaired) electrons. The first-order chi connectivity index (χ1) is 15.1. The van der Waals surface area contributed by atoms with Crippen LogP contribution in [-0.2, 0) is 17.8 Å². The molecule has 1 N–H and O–H groups in total. The molecule has 0 atom stereocenters. The number of para-hydroxylation sites is 3. The van der Waals surface area contributed by atoms with Crippen molar-refractivity contribution in [1.82, 2.24) is 14.9 Å². The maximum atomic E-state index is 11.5. The van der Waals surface area contributed by atoms with Crippen LogP contribution < -0.4 is 10.1 Å². The minimum absolute atomic E-state index is 0.160. The lowest BCUT2D eigenvalue weighted by molar-refractivity contribution is -0.121. The van der Waals surface area contributed by atoms with Crippen LogP contribution in [0.2, 0.25) is 0 Å². The van der Waals surface area contributed by atoms with Crippen LogP contribution in [0.25, 0.3) is 11.0 Å². The summed E-state index contributed by atoms with van der Waals surface area (Å²) < 4.78 is 8.45. The predicted molar refractivity (Wildman–Crippen MR) is 127 cm³/mol. The normalized spacial score (nSPS) is 11.1. The maximum absolute atomic E-state index is 11.5. The highest BCUT2D eigenvalue weighted by molar-refractivity contribution is 5.76. The molecule has 1 aromatic heterocycles. The molecule has 0 saturated heterocycles. The zero-order valence-corrected chi connectivity index (χ0v) is 19.1. The van der Waals surface area contributed by atoms with Gasteiger partial charge in [-0.15, -0.1) is 0 Å². The first-order valence-electron chi connectivity index (χ1n) is 11.5. The molecule has 1 amide bonds. The van der Waals surface area contributed by atoms with Gasteiger partial charge >= 0.3 is 0 Å². The summed E-state index contributed by atoms with van der Waals surface area (Å²) in [6, 6.07) is 14.6. The number of ether oxygens (including phenoxy) is 1. The molecule has 2 aromatic carbocycles. The Morgan fingerprint density at radius 1 is 1.03 bits per heavy atom. The van der Waals surface area contributed by atoms with Gasteiger partial charge < -0.3 is 14.6 Å². The van der Waals surface area contributed by atoms with Gasteiger partial charge in [0.05, 0.1) is 17.6 Å². The van der Waals surface area contributed by atoms with Crippen molar-refractivity contribution in [3.8, 4) is 5.75 Å². The zero-order chi connectivity index (χ0) is 22.1. The minimum Gasteiger partial charge on any atom is -0.491 e. The fourth-order valence-corrected chi connectivity index (χ4v) is 3.96. The van der Waals surface area contributed by atoms with E-state index >= 15 is 0 Å². The number of carbonyl (C=O) groups is 1. The van der Waals surface area contributed by atoms with E-state index in [0.717, 1.165) is 67.8 Å². The van der Waals surface area contributed by atoms with Gasteiger partial charge in [0.25, 0.3) is 0 Å². The first kappa shape index (κ1) is 22.9. The molecule has 0 unspecified atom stereocenters. The van der Waals surface area contributed by atoms with Gasteiger partial charge in [-0.25, -0.2) is 4.98 Å². The summed E-state index contributed by atoms with van der Waals surface area (Å²) in [7, 11) is 0. The minimum atomic E-state index is 0.160. The Labute approximate surface area is 185 Å². The number of unbranched alkanes of at least 4 members (excludes halogenated alkanes) is 2. The molecule has 0 fully saturated rings. The number of hydrogen-bond acceptors (Lipinski definition) is 3. The highest BCUT2D eigenvalue weighted by atomic mass is 16.5. The van der Waals surface area contributed by atoms with E-state index in [4.69, 9.17) is 9.72 Å². The lowest BCUT2D eigenvalue weighted by Gasteiger charge is -2.14. The number of benzene rings is 2. The van der Waals surface area contributed by atoms with Crippen molar-refractivity contribution >= 4 is 16.9 Å². The molecular weight excluding hydrogens is 386 g/mol. The van der Waals surface area contributed by atoms with Crippen molar-refractivity contribution in [2.24, 2.45) is 0 Å². The molecule has 0 aliphatic rings. The van der Waals surface area contributed by atoms with Gasteiger partial charge in [-0.3, -0.25) is 4.79 Å². The van der Waals surface area contributed by atoms with E-state index in [2.05, 4.69) is 60.1 Å². The van der Waals surface area contributed by atoms with Gasteiger partial charge in [0.15, 0.2) is 0 Å². The van der Waals surface area contributed by atoms with E-state index in [-0.39, 0.29) is 5.91 Å². The van der Waals surface area contributed by atoms with Crippen molar-refractivity contribution < 1.29 is 9.53 Å². The smallest absolute Gasteiger partial charge is 0.219 e. The summed E-state index contributed by atoms with van der Waals surface area (Å²) in [5, 5.41) is 2.99. The van der Waals surface area contributed by atoms with E-state index in [9.17, 15) is 4.79 Å². The Balaban J connectivity index is 1.56. The lowest BCUT2D eigenvalue weighted by Crippen LogP contribution is -2.23. The molecule has 0 saturated carbocycles. The Morgan fingerprint density at radius 3 is 2.58 bits per heavy atom. The third-order valence-electron chi connectivity index (χ3n) is 5.58. The average Bonchev–Trinajstić information content (AvgIpc) is 3.10. The van der Waals surface area contributed by atoms with E-state index in [0.29, 0.717) is 13.0 Å². The third kappa shape index (κ3) is 6.33. The number of nitrogens with zero attached hydrogens (tertiary/aromatic N) is 2. The van der Waals surface area contributed by atoms with Crippen LogP contribution in [0, 0.1) is 13.8 Å². The Kier molecular flexibility index (Phi) is 8.51. The van der Waals surface area contributed by atoms with Gasteiger partial charge in [0, 0.05) is 19.4 Å². The monoisotopic (exact) mass is 421 g/mol. The molecule has 5 heteroatoms. The molecule has 0 spiro atoms. The second-order valence-corrected chi connectivity index (χ2v) is 8.15. The molecule has 0 aliphatic heterocycles. The topological polar surface area (TPSA) is 56.2 Å². The largest absolute Gasteiger partial charge is 0.491 e. The van der Waals surface area contributed by atoms with Crippen molar-refractivity contribution in [1.29, 1.82) is 0 Å². The fourth-order valence-electron chi connectivity index (χ4n) is 3.96. The van der Waals surface area contributed by atoms with Gasteiger partial charge in [0.1, 0.15) is 18.2 Å². The van der Waals surface area contributed by atoms with E-state index in [1.807, 2.05) is 13.0 Å². The predicted octanol–water partition coefficient (Wildman–Crippen LogP) is 5.36. The van der Waals surface area contributed by atoms with Crippen molar-refractivity contribution in [3.05, 3.63) is 59.4 Å².